The van der Waals surface area contributed by atoms with Crippen LogP contribution in [-0.4, -0.2) is 30.4 Å². The molecule has 0 spiro atoms. The van der Waals surface area contributed by atoms with Gasteiger partial charge in [-0.15, -0.1) is 0 Å². The minimum atomic E-state index is 0.129. The summed E-state index contributed by atoms with van der Waals surface area (Å²) in [4.78, 5) is 4.55. The van der Waals surface area contributed by atoms with Gasteiger partial charge in [0.25, 0.3) is 0 Å². The van der Waals surface area contributed by atoms with Crippen LogP contribution in [0, 0.1) is 4.64 Å². The fourth-order valence-electron chi connectivity index (χ4n) is 2.55. The van der Waals surface area contributed by atoms with Gasteiger partial charge in [-0.1, -0.05) is 0 Å². The predicted molar refractivity (Wildman–Crippen MR) is 92.9 cm³/mol. The number of aromatic nitrogens is 2. The summed E-state index contributed by atoms with van der Waals surface area (Å²) in [6.07, 6.45) is 1.82. The third kappa shape index (κ3) is 2.10. The second-order valence-corrected chi connectivity index (χ2v) is 7.37. The van der Waals surface area contributed by atoms with E-state index in [4.69, 9.17) is 17.0 Å². The topological polar surface area (TPSA) is 27.1 Å². The zero-order chi connectivity index (χ0) is 15.1. The molecular weight excluding hydrogens is 359 g/mol. The maximum atomic E-state index is 5.69. The minimum absolute atomic E-state index is 0.129. The first-order valence-corrected chi connectivity index (χ1v) is 8.85. The number of ether oxygens (including phenoxy) is 1. The molecule has 0 aliphatic rings. The molecule has 0 bridgehead atoms. The van der Waals surface area contributed by atoms with Crippen molar-refractivity contribution in [3.63, 3.8) is 0 Å². The van der Waals surface area contributed by atoms with Crippen molar-refractivity contribution in [3.8, 4) is 11.4 Å². The molecule has 0 atom stereocenters. The quantitative estimate of drug-likeness (QED) is 0.394. The molecule has 0 N–H and O–H groups in total. The van der Waals surface area contributed by atoms with E-state index in [1.54, 1.807) is 7.11 Å². The molecule has 0 fully saturated rings. The second-order valence-electron chi connectivity index (χ2n) is 4.91. The van der Waals surface area contributed by atoms with E-state index in [9.17, 15) is 0 Å². The maximum absolute atomic E-state index is 5.69. The molecule has 2 aromatic heterocycles. The number of pyridine rings is 1. The summed E-state index contributed by atoms with van der Waals surface area (Å²) in [6.45, 7) is 0. The van der Waals surface area contributed by atoms with Gasteiger partial charge >= 0.3 is 139 Å². The summed E-state index contributed by atoms with van der Waals surface area (Å²) in [7, 11) is 1.68. The first-order chi connectivity index (χ1) is 10.8. The molecule has 4 aromatic rings. The van der Waals surface area contributed by atoms with Gasteiger partial charge in [-0.25, -0.2) is 0 Å². The SMILES string of the molecule is COc1cc(-n2[se]c3ccccc3c2=S)c2ncccc2c1. The van der Waals surface area contributed by atoms with E-state index >= 15 is 0 Å². The van der Waals surface area contributed by atoms with Crippen LogP contribution >= 0.6 is 12.2 Å². The molecule has 2 aromatic carbocycles. The first kappa shape index (κ1) is 13.7. The van der Waals surface area contributed by atoms with Gasteiger partial charge in [0.2, 0.25) is 0 Å². The summed E-state index contributed by atoms with van der Waals surface area (Å²) in [5.74, 6) is 0.824. The van der Waals surface area contributed by atoms with Gasteiger partial charge in [-0.2, -0.15) is 0 Å². The van der Waals surface area contributed by atoms with Crippen LogP contribution in [0.3, 0.4) is 0 Å². The zero-order valence-electron chi connectivity index (χ0n) is 11.8. The Kier molecular flexibility index (Phi) is 3.34. The number of methoxy groups -OCH3 is 1. The summed E-state index contributed by atoms with van der Waals surface area (Å²) < 4.78 is 9.83. The van der Waals surface area contributed by atoms with Crippen molar-refractivity contribution in [2.75, 3.05) is 7.11 Å². The summed E-state index contributed by atoms with van der Waals surface area (Å²) in [6, 6.07) is 16.4. The van der Waals surface area contributed by atoms with Gasteiger partial charge in [0.05, 0.1) is 0 Å². The van der Waals surface area contributed by atoms with Crippen LogP contribution in [0.2, 0.25) is 0 Å². The van der Waals surface area contributed by atoms with E-state index < -0.39 is 0 Å². The van der Waals surface area contributed by atoms with Crippen LogP contribution in [-0.2, 0) is 0 Å². The van der Waals surface area contributed by atoms with Crippen molar-refractivity contribution in [2.45, 2.75) is 0 Å². The third-order valence-corrected chi connectivity index (χ3v) is 6.61. The van der Waals surface area contributed by atoms with Gasteiger partial charge in [-0.05, 0) is 0 Å². The molecule has 108 valence electrons. The Morgan fingerprint density at radius 1 is 1.14 bits per heavy atom. The van der Waals surface area contributed by atoms with Crippen molar-refractivity contribution in [3.05, 3.63) is 59.4 Å². The van der Waals surface area contributed by atoms with E-state index in [0.29, 0.717) is 0 Å². The van der Waals surface area contributed by atoms with Gasteiger partial charge in [0, 0.05) is 0 Å². The molecular formula is C17H12N2OSSe. The average molecular weight is 371 g/mol. The van der Waals surface area contributed by atoms with Crippen molar-refractivity contribution in [2.24, 2.45) is 0 Å². The van der Waals surface area contributed by atoms with Crippen LogP contribution in [0.25, 0.3) is 26.2 Å². The Labute approximate surface area is 138 Å². The van der Waals surface area contributed by atoms with Crippen LogP contribution in [0.15, 0.2) is 54.7 Å². The molecule has 0 saturated heterocycles. The van der Waals surface area contributed by atoms with Gasteiger partial charge < -0.3 is 0 Å². The van der Waals surface area contributed by atoms with E-state index in [1.165, 1.54) is 4.26 Å². The number of rotatable bonds is 2. The van der Waals surface area contributed by atoms with Crippen LogP contribution in [0.5, 0.6) is 5.75 Å². The number of fused-ring (bicyclic) bond motifs is 2. The summed E-state index contributed by atoms with van der Waals surface area (Å²) >= 11 is 5.82. The number of nitrogens with zero attached hydrogens (tertiary/aromatic N) is 2. The molecule has 0 aliphatic heterocycles. The monoisotopic (exact) mass is 372 g/mol. The third-order valence-electron chi connectivity index (χ3n) is 3.60. The fourth-order valence-corrected chi connectivity index (χ4v) is 5.30. The molecule has 2 heterocycles. The van der Waals surface area contributed by atoms with Crippen molar-refractivity contribution < 1.29 is 4.74 Å². The van der Waals surface area contributed by atoms with Crippen LogP contribution in [0.4, 0.5) is 0 Å². The Morgan fingerprint density at radius 2 is 2.00 bits per heavy atom. The molecule has 3 nitrogen and oxygen atoms in total. The van der Waals surface area contributed by atoms with Gasteiger partial charge in [0.1, 0.15) is 0 Å². The molecule has 0 aliphatic carbocycles. The molecule has 0 unspecified atom stereocenters. The van der Waals surface area contributed by atoms with Crippen molar-refractivity contribution in [1.82, 2.24) is 8.55 Å². The zero-order valence-corrected chi connectivity index (χ0v) is 14.3. The second kappa shape index (κ2) is 5.36. The number of benzene rings is 2. The van der Waals surface area contributed by atoms with E-state index in [2.05, 4.69) is 26.7 Å². The summed E-state index contributed by atoms with van der Waals surface area (Å²) in [5, 5.41) is 2.22. The molecule has 4 rings (SSSR count). The molecule has 0 radical (unpaired) electrons. The molecule has 5 heteroatoms. The molecule has 22 heavy (non-hydrogen) atoms. The van der Waals surface area contributed by atoms with Gasteiger partial charge in [-0.3, -0.25) is 0 Å². The normalized spacial score (nSPS) is 11.1. The average Bonchev–Trinajstić information content (AvgIpc) is 2.91. The predicted octanol–water partition coefficient (Wildman–Crippen LogP) is 3.97. The first-order valence-electron chi connectivity index (χ1n) is 6.82. The van der Waals surface area contributed by atoms with E-state index in [1.807, 2.05) is 36.5 Å². The standard InChI is InChI=1S/C17H12N2OSSe/c1-20-12-9-11-5-4-8-18-16(11)14(10-12)19-17(21)13-6-2-3-7-15(13)22-19/h2-10H,1H3. The van der Waals surface area contributed by atoms with E-state index in [-0.39, 0.29) is 14.7 Å². The van der Waals surface area contributed by atoms with Crippen LogP contribution < -0.4 is 4.74 Å². The molecule has 0 amide bonds. The Morgan fingerprint density at radius 3 is 2.82 bits per heavy atom. The van der Waals surface area contributed by atoms with Crippen molar-refractivity contribution in [1.29, 1.82) is 0 Å². The Hall–Kier alpha value is -1.94. The van der Waals surface area contributed by atoms with Gasteiger partial charge in [0.15, 0.2) is 0 Å². The number of hydrogen-bond acceptors (Lipinski definition) is 3. The number of hydrogen-bond donors (Lipinski definition) is 0. The Balaban J connectivity index is 2.11. The summed E-state index contributed by atoms with van der Waals surface area (Å²) in [5.41, 5.74) is 1.98. The Bertz CT molecular complexity index is 1050. The fraction of sp³-hybridized carbons (Fsp3) is 0.0588. The van der Waals surface area contributed by atoms with Crippen LogP contribution in [0.1, 0.15) is 0 Å². The van der Waals surface area contributed by atoms with Crippen molar-refractivity contribution >= 4 is 47.5 Å². The van der Waals surface area contributed by atoms with E-state index in [0.717, 1.165) is 32.4 Å². The molecule has 0 saturated carbocycles.